The summed E-state index contributed by atoms with van der Waals surface area (Å²) in [6.07, 6.45) is 6.98. The first-order chi connectivity index (χ1) is 9.27. The van der Waals surface area contributed by atoms with E-state index >= 15 is 0 Å². The summed E-state index contributed by atoms with van der Waals surface area (Å²) >= 11 is 0. The molecular formula is C14H11N3O2. The average molecular weight is 253 g/mol. The average Bonchev–Trinajstić information content (AvgIpc) is 3.02. The molecule has 0 saturated heterocycles. The first-order valence-corrected chi connectivity index (χ1v) is 5.88. The van der Waals surface area contributed by atoms with Gasteiger partial charge in [-0.1, -0.05) is 24.3 Å². The molecule has 5 heteroatoms. The van der Waals surface area contributed by atoms with Gasteiger partial charge in [0.1, 0.15) is 0 Å². The van der Waals surface area contributed by atoms with Crippen molar-refractivity contribution in [2.24, 2.45) is 0 Å². The lowest BCUT2D eigenvalue weighted by Crippen LogP contribution is -2.29. The van der Waals surface area contributed by atoms with Crippen molar-refractivity contribution in [3.8, 4) is 0 Å². The molecule has 0 spiro atoms. The van der Waals surface area contributed by atoms with Gasteiger partial charge < -0.3 is 0 Å². The Morgan fingerprint density at radius 2 is 1.84 bits per heavy atom. The van der Waals surface area contributed by atoms with Gasteiger partial charge in [0.25, 0.3) is 11.8 Å². The zero-order chi connectivity index (χ0) is 13.2. The van der Waals surface area contributed by atoms with Crippen molar-refractivity contribution in [1.29, 1.82) is 0 Å². The van der Waals surface area contributed by atoms with Crippen LogP contribution in [0.1, 0.15) is 26.3 Å². The number of carbonyl (C=O) groups is 2. The molecule has 2 aromatic rings. The molecule has 0 unspecified atom stereocenters. The molecule has 0 bridgehead atoms. The molecule has 1 N–H and O–H groups in total. The van der Waals surface area contributed by atoms with E-state index in [0.29, 0.717) is 11.1 Å². The van der Waals surface area contributed by atoms with Crippen LogP contribution in [0.5, 0.6) is 0 Å². The summed E-state index contributed by atoms with van der Waals surface area (Å²) in [5, 5.41) is 6.50. The van der Waals surface area contributed by atoms with Crippen molar-refractivity contribution in [2.45, 2.75) is 0 Å². The Hall–Kier alpha value is -2.69. The molecule has 1 aromatic carbocycles. The van der Waals surface area contributed by atoms with Crippen LogP contribution in [0.3, 0.4) is 0 Å². The Morgan fingerprint density at radius 1 is 1.16 bits per heavy atom. The van der Waals surface area contributed by atoms with Crippen molar-refractivity contribution < 1.29 is 9.59 Å². The van der Waals surface area contributed by atoms with Crippen LogP contribution >= 0.6 is 0 Å². The maximum Gasteiger partial charge on any atom is 0.261 e. The number of fused-ring (bicyclic) bond motifs is 1. The van der Waals surface area contributed by atoms with E-state index in [0.717, 1.165) is 5.56 Å². The number of H-pyrrole nitrogens is 1. The van der Waals surface area contributed by atoms with Crippen LogP contribution in [0, 0.1) is 0 Å². The number of aromatic amines is 1. The first kappa shape index (κ1) is 11.4. The van der Waals surface area contributed by atoms with Gasteiger partial charge in [-0.15, -0.1) is 0 Å². The quantitative estimate of drug-likeness (QED) is 0.847. The molecule has 2 heterocycles. The number of benzene rings is 1. The molecule has 5 nitrogen and oxygen atoms in total. The van der Waals surface area contributed by atoms with E-state index in [1.54, 1.807) is 42.7 Å². The molecule has 0 aliphatic carbocycles. The minimum atomic E-state index is -0.238. The normalized spacial score (nSPS) is 14.4. The number of carbonyl (C=O) groups excluding carboxylic acids is 2. The number of amides is 2. The Balaban J connectivity index is 1.77. The van der Waals surface area contributed by atoms with Crippen LogP contribution < -0.4 is 0 Å². The van der Waals surface area contributed by atoms with Crippen LogP contribution in [-0.2, 0) is 0 Å². The van der Waals surface area contributed by atoms with Gasteiger partial charge >= 0.3 is 0 Å². The van der Waals surface area contributed by atoms with Crippen molar-refractivity contribution in [3.63, 3.8) is 0 Å². The standard InChI is InChI=1S/C14H11N3O2/c18-13-11-5-1-2-6-12(11)14(19)17(13)7-3-4-10-8-15-16-9-10/h1-6,8-9H,7H2,(H,15,16)/b4-3+. The number of nitrogens with zero attached hydrogens (tertiary/aromatic N) is 2. The molecule has 1 aliphatic rings. The predicted octanol–water partition coefficient (Wildman–Crippen LogP) is 1.72. The van der Waals surface area contributed by atoms with E-state index in [4.69, 9.17) is 0 Å². The molecule has 1 aliphatic heterocycles. The number of aromatic nitrogens is 2. The van der Waals surface area contributed by atoms with E-state index in [-0.39, 0.29) is 18.4 Å². The van der Waals surface area contributed by atoms with Crippen molar-refractivity contribution >= 4 is 17.9 Å². The lowest BCUT2D eigenvalue weighted by Gasteiger charge is -2.10. The Kier molecular flexibility index (Phi) is 2.72. The fourth-order valence-corrected chi connectivity index (χ4v) is 2.05. The van der Waals surface area contributed by atoms with Gasteiger partial charge in [-0.2, -0.15) is 5.10 Å². The number of hydrogen-bond donors (Lipinski definition) is 1. The summed E-state index contributed by atoms with van der Waals surface area (Å²) in [7, 11) is 0. The molecule has 0 atom stereocenters. The molecule has 19 heavy (non-hydrogen) atoms. The monoisotopic (exact) mass is 253 g/mol. The fourth-order valence-electron chi connectivity index (χ4n) is 2.05. The Labute approximate surface area is 109 Å². The van der Waals surface area contributed by atoms with E-state index in [2.05, 4.69) is 10.2 Å². The number of rotatable bonds is 3. The fraction of sp³-hybridized carbons (Fsp3) is 0.0714. The highest BCUT2D eigenvalue weighted by Gasteiger charge is 2.33. The van der Waals surface area contributed by atoms with E-state index in [1.165, 1.54) is 4.90 Å². The summed E-state index contributed by atoms with van der Waals surface area (Å²) in [6, 6.07) is 6.87. The minimum absolute atomic E-state index is 0.238. The SMILES string of the molecule is O=C1c2ccccc2C(=O)N1C/C=C/c1cn[nH]c1. The van der Waals surface area contributed by atoms with Crippen LogP contribution in [-0.4, -0.2) is 33.5 Å². The molecule has 3 rings (SSSR count). The van der Waals surface area contributed by atoms with Gasteiger partial charge in [-0.3, -0.25) is 19.6 Å². The van der Waals surface area contributed by atoms with E-state index in [9.17, 15) is 9.59 Å². The van der Waals surface area contributed by atoms with Gasteiger partial charge in [0.05, 0.1) is 17.3 Å². The summed E-state index contributed by atoms with van der Waals surface area (Å²) in [5.41, 5.74) is 1.85. The maximum absolute atomic E-state index is 12.1. The van der Waals surface area contributed by atoms with Crippen molar-refractivity contribution in [2.75, 3.05) is 6.54 Å². The third-order valence-corrected chi connectivity index (χ3v) is 3.00. The highest BCUT2D eigenvalue weighted by atomic mass is 16.2. The zero-order valence-electron chi connectivity index (χ0n) is 10.0. The van der Waals surface area contributed by atoms with E-state index < -0.39 is 0 Å². The van der Waals surface area contributed by atoms with E-state index in [1.807, 2.05) is 6.08 Å². The molecule has 0 fully saturated rings. The lowest BCUT2D eigenvalue weighted by molar-refractivity contribution is 0.0672. The van der Waals surface area contributed by atoms with Crippen molar-refractivity contribution in [3.05, 3.63) is 59.4 Å². The molecule has 0 saturated carbocycles. The molecule has 2 amide bonds. The molecule has 1 aromatic heterocycles. The van der Waals surface area contributed by atoms with Gasteiger partial charge in [0, 0.05) is 18.3 Å². The largest absolute Gasteiger partial charge is 0.285 e. The third kappa shape index (κ3) is 1.95. The van der Waals surface area contributed by atoms with Crippen LogP contribution in [0.15, 0.2) is 42.7 Å². The summed E-state index contributed by atoms with van der Waals surface area (Å²) in [4.78, 5) is 25.3. The van der Waals surface area contributed by atoms with Crippen molar-refractivity contribution in [1.82, 2.24) is 15.1 Å². The van der Waals surface area contributed by atoms with Crippen LogP contribution in [0.2, 0.25) is 0 Å². The van der Waals surface area contributed by atoms with Crippen LogP contribution in [0.25, 0.3) is 6.08 Å². The highest BCUT2D eigenvalue weighted by molar-refractivity contribution is 6.21. The zero-order valence-corrected chi connectivity index (χ0v) is 10.0. The third-order valence-electron chi connectivity index (χ3n) is 3.00. The highest BCUT2D eigenvalue weighted by Crippen LogP contribution is 2.22. The second kappa shape index (κ2) is 4.53. The summed E-state index contributed by atoms with van der Waals surface area (Å²) in [6.45, 7) is 0.261. The topological polar surface area (TPSA) is 66.1 Å². The second-order valence-electron chi connectivity index (χ2n) is 4.20. The first-order valence-electron chi connectivity index (χ1n) is 5.88. The number of hydrogen-bond acceptors (Lipinski definition) is 3. The molecule has 94 valence electrons. The molecular weight excluding hydrogens is 242 g/mol. The predicted molar refractivity (Wildman–Crippen MR) is 69.4 cm³/mol. The maximum atomic E-state index is 12.1. The summed E-state index contributed by atoms with van der Waals surface area (Å²) in [5.74, 6) is -0.477. The van der Waals surface area contributed by atoms with Gasteiger partial charge in [-0.25, -0.2) is 0 Å². The van der Waals surface area contributed by atoms with Gasteiger partial charge in [-0.05, 0) is 12.1 Å². The smallest absolute Gasteiger partial charge is 0.261 e. The Morgan fingerprint density at radius 3 is 2.42 bits per heavy atom. The number of nitrogens with one attached hydrogen (secondary N) is 1. The second-order valence-corrected chi connectivity index (χ2v) is 4.20. The minimum Gasteiger partial charge on any atom is -0.285 e. The Bertz CT molecular complexity index is 624. The molecule has 0 radical (unpaired) electrons. The van der Waals surface area contributed by atoms with Gasteiger partial charge in [0.2, 0.25) is 0 Å². The summed E-state index contributed by atoms with van der Waals surface area (Å²) < 4.78 is 0. The van der Waals surface area contributed by atoms with Crippen LogP contribution in [0.4, 0.5) is 0 Å². The lowest BCUT2D eigenvalue weighted by atomic mass is 10.1. The van der Waals surface area contributed by atoms with Gasteiger partial charge in [0.15, 0.2) is 0 Å². The number of imide groups is 1.